The van der Waals surface area contributed by atoms with Crippen LogP contribution in [0.5, 0.6) is 0 Å². The first kappa shape index (κ1) is 16.0. The van der Waals surface area contributed by atoms with E-state index in [1.54, 1.807) is 12.3 Å². The highest BCUT2D eigenvalue weighted by Crippen LogP contribution is 2.20. The average Bonchev–Trinajstić information content (AvgIpc) is 2.80. The van der Waals surface area contributed by atoms with Crippen LogP contribution in [0.1, 0.15) is 17.0 Å². The van der Waals surface area contributed by atoms with Crippen molar-refractivity contribution in [1.29, 1.82) is 0 Å². The Hall–Kier alpha value is -1.37. The Kier molecular flexibility index (Phi) is 5.03. The van der Waals surface area contributed by atoms with E-state index in [4.69, 9.17) is 15.8 Å². The Morgan fingerprint density at radius 3 is 2.71 bits per heavy atom. The van der Waals surface area contributed by atoms with Gasteiger partial charge < -0.3 is 4.57 Å². The summed E-state index contributed by atoms with van der Waals surface area (Å²) in [5, 5.41) is 0.613. The smallest absolute Gasteiger partial charge is 0.264 e. The molecule has 0 unspecified atom stereocenters. The summed E-state index contributed by atoms with van der Waals surface area (Å²) in [6.45, 7) is 2.75. The van der Waals surface area contributed by atoms with Crippen LogP contribution in [0.2, 0.25) is 5.02 Å². The number of halogens is 1. The minimum atomic E-state index is -3.44. The van der Waals surface area contributed by atoms with Gasteiger partial charge in [0.15, 0.2) is 0 Å². The van der Waals surface area contributed by atoms with Crippen molar-refractivity contribution < 1.29 is 12.6 Å². The fourth-order valence-electron chi connectivity index (χ4n) is 1.94. The number of imidazole rings is 1. The molecule has 0 N–H and O–H groups in total. The molecule has 5 nitrogen and oxygen atoms in total. The highest BCUT2D eigenvalue weighted by molar-refractivity contribution is 7.85. The van der Waals surface area contributed by atoms with Gasteiger partial charge in [-0.1, -0.05) is 23.7 Å². The zero-order valence-corrected chi connectivity index (χ0v) is 13.5. The molecule has 114 valence electrons. The van der Waals surface area contributed by atoms with E-state index in [0.29, 0.717) is 5.02 Å². The molecule has 0 atom stereocenters. The van der Waals surface area contributed by atoms with Crippen LogP contribution in [0.25, 0.3) is 0 Å². The van der Waals surface area contributed by atoms with Gasteiger partial charge in [0.1, 0.15) is 5.82 Å². The monoisotopic (exact) mass is 328 g/mol. The number of nitrogens with zero attached hydrogens (tertiary/aromatic N) is 2. The van der Waals surface area contributed by atoms with Crippen molar-refractivity contribution in [1.82, 2.24) is 9.55 Å². The minimum absolute atomic E-state index is 0.000534. The SMILES string of the molecule is Cc1nccn1CCc1ccc(COS(C)(=O)=O)cc1Cl. The first-order chi connectivity index (χ1) is 9.85. The van der Waals surface area contributed by atoms with E-state index in [9.17, 15) is 8.42 Å². The molecular formula is C14H17ClN2O3S. The van der Waals surface area contributed by atoms with E-state index in [1.807, 2.05) is 25.3 Å². The van der Waals surface area contributed by atoms with Crippen LogP contribution in [0.4, 0.5) is 0 Å². The van der Waals surface area contributed by atoms with Crippen LogP contribution in [-0.4, -0.2) is 24.2 Å². The Balaban J connectivity index is 2.00. The summed E-state index contributed by atoms with van der Waals surface area (Å²) in [4.78, 5) is 4.17. The van der Waals surface area contributed by atoms with Gasteiger partial charge in [-0.3, -0.25) is 4.18 Å². The van der Waals surface area contributed by atoms with E-state index < -0.39 is 10.1 Å². The quantitative estimate of drug-likeness (QED) is 0.765. The van der Waals surface area contributed by atoms with E-state index in [1.165, 1.54) is 0 Å². The molecule has 0 aliphatic carbocycles. The van der Waals surface area contributed by atoms with Gasteiger partial charge in [-0.2, -0.15) is 8.42 Å². The highest BCUT2D eigenvalue weighted by Gasteiger charge is 2.06. The predicted molar refractivity (Wildman–Crippen MR) is 81.8 cm³/mol. The lowest BCUT2D eigenvalue weighted by atomic mass is 10.1. The molecular weight excluding hydrogens is 312 g/mol. The Labute approximate surface area is 129 Å². The molecule has 1 aromatic carbocycles. The largest absolute Gasteiger partial charge is 0.335 e. The molecule has 0 saturated heterocycles. The first-order valence-corrected chi connectivity index (χ1v) is 8.64. The van der Waals surface area contributed by atoms with Gasteiger partial charge in [-0.05, 0) is 30.5 Å². The van der Waals surface area contributed by atoms with Crippen molar-refractivity contribution >= 4 is 21.7 Å². The summed E-state index contributed by atoms with van der Waals surface area (Å²) in [5.41, 5.74) is 1.74. The number of aromatic nitrogens is 2. The molecule has 1 aromatic heterocycles. The van der Waals surface area contributed by atoms with E-state index in [0.717, 1.165) is 36.2 Å². The Morgan fingerprint density at radius 2 is 2.14 bits per heavy atom. The second-order valence-electron chi connectivity index (χ2n) is 4.81. The number of hydrogen-bond acceptors (Lipinski definition) is 4. The molecule has 0 aliphatic heterocycles. The lowest BCUT2D eigenvalue weighted by Crippen LogP contribution is -2.04. The molecule has 0 spiro atoms. The summed E-state index contributed by atoms with van der Waals surface area (Å²) < 4.78 is 28.7. The molecule has 0 radical (unpaired) electrons. The lowest BCUT2D eigenvalue weighted by molar-refractivity contribution is 0.311. The maximum atomic E-state index is 11.0. The standard InChI is InChI=1S/C14H17ClN2O3S/c1-11-16-6-8-17(11)7-5-13-4-3-12(9-14(13)15)10-20-21(2,18)19/h3-4,6,8-9H,5,7,10H2,1-2H3. The maximum Gasteiger partial charge on any atom is 0.264 e. The summed E-state index contributed by atoms with van der Waals surface area (Å²) in [7, 11) is -3.44. The van der Waals surface area contributed by atoms with Gasteiger partial charge in [-0.15, -0.1) is 0 Å². The van der Waals surface area contributed by atoms with Crippen LogP contribution in [0.15, 0.2) is 30.6 Å². The summed E-state index contributed by atoms with van der Waals surface area (Å²) in [5.74, 6) is 0.962. The summed E-state index contributed by atoms with van der Waals surface area (Å²) in [6.07, 6.45) is 5.50. The van der Waals surface area contributed by atoms with Crippen molar-refractivity contribution in [2.45, 2.75) is 26.5 Å². The third-order valence-electron chi connectivity index (χ3n) is 3.10. The van der Waals surface area contributed by atoms with E-state index in [2.05, 4.69) is 9.55 Å². The van der Waals surface area contributed by atoms with Crippen LogP contribution < -0.4 is 0 Å². The molecule has 1 heterocycles. The average molecular weight is 329 g/mol. The number of benzene rings is 1. The van der Waals surface area contributed by atoms with Crippen LogP contribution >= 0.6 is 11.6 Å². The zero-order valence-electron chi connectivity index (χ0n) is 11.9. The first-order valence-electron chi connectivity index (χ1n) is 6.44. The Bertz CT molecular complexity index is 726. The minimum Gasteiger partial charge on any atom is -0.335 e. The fraction of sp³-hybridized carbons (Fsp3) is 0.357. The van der Waals surface area contributed by atoms with Gasteiger partial charge in [-0.25, -0.2) is 4.98 Å². The van der Waals surface area contributed by atoms with Crippen molar-refractivity contribution in [3.05, 3.63) is 52.6 Å². The van der Waals surface area contributed by atoms with Gasteiger partial charge in [0, 0.05) is 24.0 Å². The van der Waals surface area contributed by atoms with Crippen LogP contribution in [-0.2, 0) is 33.9 Å². The van der Waals surface area contributed by atoms with Crippen molar-refractivity contribution in [2.75, 3.05) is 6.26 Å². The lowest BCUT2D eigenvalue weighted by Gasteiger charge is -2.09. The molecule has 0 saturated carbocycles. The highest BCUT2D eigenvalue weighted by atomic mass is 35.5. The third-order valence-corrected chi connectivity index (χ3v) is 4.00. The van der Waals surface area contributed by atoms with Crippen LogP contribution in [0.3, 0.4) is 0 Å². The number of aryl methyl sites for hydroxylation is 3. The van der Waals surface area contributed by atoms with E-state index in [-0.39, 0.29) is 6.61 Å². The molecule has 0 bridgehead atoms. The molecule has 2 aromatic rings. The second-order valence-corrected chi connectivity index (χ2v) is 6.86. The normalized spacial score (nSPS) is 11.8. The summed E-state index contributed by atoms with van der Waals surface area (Å²) in [6, 6.07) is 5.46. The van der Waals surface area contributed by atoms with Gasteiger partial charge in [0.2, 0.25) is 0 Å². The van der Waals surface area contributed by atoms with Crippen LogP contribution in [0, 0.1) is 6.92 Å². The molecule has 2 rings (SSSR count). The zero-order chi connectivity index (χ0) is 15.5. The molecule has 0 aliphatic rings. The summed E-state index contributed by atoms with van der Waals surface area (Å²) >= 11 is 6.23. The fourth-order valence-corrected chi connectivity index (χ4v) is 2.59. The topological polar surface area (TPSA) is 61.2 Å². The van der Waals surface area contributed by atoms with Crippen molar-refractivity contribution in [2.24, 2.45) is 0 Å². The van der Waals surface area contributed by atoms with Crippen molar-refractivity contribution in [3.8, 4) is 0 Å². The van der Waals surface area contributed by atoms with Gasteiger partial charge in [0.05, 0.1) is 12.9 Å². The molecule has 7 heteroatoms. The molecule has 0 amide bonds. The Morgan fingerprint density at radius 1 is 1.38 bits per heavy atom. The number of rotatable bonds is 6. The second kappa shape index (κ2) is 6.60. The predicted octanol–water partition coefficient (Wildman–Crippen LogP) is 2.56. The van der Waals surface area contributed by atoms with Gasteiger partial charge >= 0.3 is 0 Å². The third kappa shape index (κ3) is 4.84. The van der Waals surface area contributed by atoms with E-state index >= 15 is 0 Å². The maximum absolute atomic E-state index is 11.0. The number of hydrogen-bond donors (Lipinski definition) is 0. The molecule has 21 heavy (non-hydrogen) atoms. The van der Waals surface area contributed by atoms with Crippen molar-refractivity contribution in [3.63, 3.8) is 0 Å². The van der Waals surface area contributed by atoms with Gasteiger partial charge in [0.25, 0.3) is 10.1 Å². The molecule has 0 fully saturated rings.